The average Bonchev–Trinajstić information content (AvgIpc) is 2.61. The first-order chi connectivity index (χ1) is 11.2. The number of benzene rings is 2. The van der Waals surface area contributed by atoms with Gasteiger partial charge in [-0.05, 0) is 42.2 Å². The van der Waals surface area contributed by atoms with Gasteiger partial charge in [-0.1, -0.05) is 44.2 Å². The van der Waals surface area contributed by atoms with Crippen LogP contribution in [0.5, 0.6) is 0 Å². The Kier molecular flexibility index (Phi) is 6.55. The second kappa shape index (κ2) is 8.89. The van der Waals surface area contributed by atoms with Crippen molar-refractivity contribution in [2.45, 2.75) is 32.6 Å². The third kappa shape index (κ3) is 5.37. The van der Waals surface area contributed by atoms with Crippen LogP contribution in [-0.2, 0) is 4.74 Å². The summed E-state index contributed by atoms with van der Waals surface area (Å²) in [6.07, 6.45) is 3.43. The molecule has 3 nitrogen and oxygen atoms in total. The largest absolute Gasteiger partial charge is 0.462 e. The van der Waals surface area contributed by atoms with E-state index in [1.54, 1.807) is 12.3 Å². The molecule has 0 saturated carbocycles. The van der Waals surface area contributed by atoms with Gasteiger partial charge in [0.2, 0.25) is 0 Å². The Morgan fingerprint density at radius 1 is 1.17 bits per heavy atom. The van der Waals surface area contributed by atoms with Gasteiger partial charge in [-0.2, -0.15) is 0 Å². The molecule has 0 aliphatic carbocycles. The predicted molar refractivity (Wildman–Crippen MR) is 94.6 cm³/mol. The molecule has 0 saturated heterocycles. The third-order valence-corrected chi connectivity index (χ3v) is 3.78. The zero-order valence-corrected chi connectivity index (χ0v) is 13.7. The number of esters is 1. The van der Waals surface area contributed by atoms with Gasteiger partial charge < -0.3 is 4.74 Å². The Morgan fingerprint density at radius 2 is 1.96 bits per heavy atom. The minimum Gasteiger partial charge on any atom is -0.462 e. The van der Waals surface area contributed by atoms with Gasteiger partial charge in [0.25, 0.3) is 0 Å². The second-order valence-electron chi connectivity index (χ2n) is 5.51. The van der Waals surface area contributed by atoms with Crippen LogP contribution in [0, 0.1) is 0 Å². The number of hydrogen-bond donors (Lipinski definition) is 0. The minimum absolute atomic E-state index is 0.275. The highest BCUT2D eigenvalue weighted by molar-refractivity contribution is 5.89. The van der Waals surface area contributed by atoms with Crippen molar-refractivity contribution in [1.29, 1.82) is 0 Å². The molecule has 0 spiro atoms. The lowest BCUT2D eigenvalue weighted by Crippen LogP contribution is -2.07. The molecule has 0 amide bonds. The van der Waals surface area contributed by atoms with E-state index in [4.69, 9.17) is 4.74 Å². The summed E-state index contributed by atoms with van der Waals surface area (Å²) in [4.78, 5) is 16.4. The molecule has 0 aromatic heterocycles. The number of hydrogen-bond acceptors (Lipinski definition) is 3. The van der Waals surface area contributed by atoms with Crippen LogP contribution in [0.4, 0.5) is 5.69 Å². The van der Waals surface area contributed by atoms with Crippen molar-refractivity contribution in [3.8, 4) is 0 Å². The van der Waals surface area contributed by atoms with E-state index in [-0.39, 0.29) is 5.97 Å². The molecule has 23 heavy (non-hydrogen) atoms. The lowest BCUT2D eigenvalue weighted by Gasteiger charge is -2.10. The topological polar surface area (TPSA) is 38.7 Å². The number of carbonyl (C=O) groups excluding carboxylic acids is 1. The molecule has 3 heteroatoms. The molecule has 1 atom stereocenters. The fourth-order valence-corrected chi connectivity index (χ4v) is 2.18. The number of aliphatic imine (C=N–C) groups is 1. The summed E-state index contributed by atoms with van der Waals surface area (Å²) in [6, 6.07) is 17.4. The van der Waals surface area contributed by atoms with E-state index in [2.05, 4.69) is 24.9 Å². The van der Waals surface area contributed by atoms with E-state index in [0.717, 1.165) is 12.1 Å². The zero-order valence-electron chi connectivity index (χ0n) is 13.7. The third-order valence-electron chi connectivity index (χ3n) is 3.78. The van der Waals surface area contributed by atoms with E-state index in [1.165, 1.54) is 5.56 Å². The van der Waals surface area contributed by atoms with Gasteiger partial charge >= 0.3 is 5.97 Å². The lowest BCUT2D eigenvalue weighted by atomic mass is 9.97. The van der Waals surface area contributed by atoms with Crippen LogP contribution in [0.15, 0.2) is 59.6 Å². The van der Waals surface area contributed by atoms with Crippen molar-refractivity contribution in [2.24, 2.45) is 4.99 Å². The molecule has 2 aromatic carbocycles. The summed E-state index contributed by atoms with van der Waals surface area (Å²) in [5.41, 5.74) is 2.69. The highest BCUT2D eigenvalue weighted by Gasteiger charge is 2.09. The fourth-order valence-electron chi connectivity index (χ4n) is 2.18. The maximum Gasteiger partial charge on any atom is 0.338 e. The summed E-state index contributed by atoms with van der Waals surface area (Å²) in [7, 11) is 0. The van der Waals surface area contributed by atoms with Crippen LogP contribution in [0.2, 0.25) is 0 Å². The normalized spacial score (nSPS) is 12.3. The Morgan fingerprint density at radius 3 is 2.70 bits per heavy atom. The minimum atomic E-state index is -0.275. The van der Waals surface area contributed by atoms with E-state index in [1.807, 2.05) is 42.5 Å². The molecule has 0 N–H and O–H groups in total. The summed E-state index contributed by atoms with van der Waals surface area (Å²) >= 11 is 0. The quantitative estimate of drug-likeness (QED) is 0.403. The molecular formula is C20H23NO2. The summed E-state index contributed by atoms with van der Waals surface area (Å²) in [5, 5.41) is 0. The molecule has 1 unspecified atom stereocenters. The monoisotopic (exact) mass is 309 g/mol. The summed E-state index contributed by atoms with van der Waals surface area (Å²) in [5.74, 6) is 0.170. The van der Waals surface area contributed by atoms with E-state index >= 15 is 0 Å². The summed E-state index contributed by atoms with van der Waals surface area (Å²) < 4.78 is 5.30. The maximum absolute atomic E-state index is 12.1. The number of para-hydroxylation sites is 1. The van der Waals surface area contributed by atoms with Crippen LogP contribution in [-0.4, -0.2) is 18.8 Å². The van der Waals surface area contributed by atoms with Gasteiger partial charge in [0.05, 0.1) is 17.9 Å². The van der Waals surface area contributed by atoms with Gasteiger partial charge in [0.15, 0.2) is 0 Å². The standard InChI is InChI=1S/C20H23NO2/c1-3-16(2)17-9-7-10-18(15-17)20(22)23-14-8-13-21-19-11-5-4-6-12-19/h4-7,9-13,15-16H,3,8,14H2,1-2H3. The molecule has 0 radical (unpaired) electrons. The zero-order chi connectivity index (χ0) is 16.5. The molecule has 0 heterocycles. The van der Waals surface area contributed by atoms with E-state index in [0.29, 0.717) is 24.5 Å². The molecule has 0 aliphatic rings. The Labute approximate surface area is 138 Å². The number of carbonyl (C=O) groups is 1. The van der Waals surface area contributed by atoms with Crippen LogP contribution < -0.4 is 0 Å². The molecule has 2 aromatic rings. The van der Waals surface area contributed by atoms with Gasteiger partial charge in [0.1, 0.15) is 0 Å². The first-order valence-corrected chi connectivity index (χ1v) is 8.05. The van der Waals surface area contributed by atoms with Crippen molar-refractivity contribution in [3.63, 3.8) is 0 Å². The molecule has 0 fully saturated rings. The van der Waals surface area contributed by atoms with Gasteiger partial charge in [-0.25, -0.2) is 4.79 Å². The van der Waals surface area contributed by atoms with Crippen LogP contribution in [0.25, 0.3) is 0 Å². The first kappa shape index (κ1) is 16.9. The average molecular weight is 309 g/mol. The number of rotatable bonds is 7. The summed E-state index contributed by atoms with van der Waals surface area (Å²) in [6.45, 7) is 4.63. The first-order valence-electron chi connectivity index (χ1n) is 8.05. The fraction of sp³-hybridized carbons (Fsp3) is 0.300. The van der Waals surface area contributed by atoms with Gasteiger partial charge in [-0.3, -0.25) is 4.99 Å². The highest BCUT2D eigenvalue weighted by atomic mass is 16.5. The highest BCUT2D eigenvalue weighted by Crippen LogP contribution is 2.19. The smallest absolute Gasteiger partial charge is 0.338 e. The van der Waals surface area contributed by atoms with Gasteiger partial charge in [0, 0.05) is 12.6 Å². The van der Waals surface area contributed by atoms with Gasteiger partial charge in [-0.15, -0.1) is 0 Å². The Bertz CT molecular complexity index is 650. The van der Waals surface area contributed by atoms with E-state index in [9.17, 15) is 4.79 Å². The Hall–Kier alpha value is -2.42. The lowest BCUT2D eigenvalue weighted by molar-refractivity contribution is 0.0516. The van der Waals surface area contributed by atoms with Crippen molar-refractivity contribution >= 4 is 17.9 Å². The van der Waals surface area contributed by atoms with Crippen molar-refractivity contribution in [1.82, 2.24) is 0 Å². The number of nitrogens with zero attached hydrogens (tertiary/aromatic N) is 1. The second-order valence-corrected chi connectivity index (χ2v) is 5.51. The molecule has 0 aliphatic heterocycles. The van der Waals surface area contributed by atoms with Crippen LogP contribution in [0.1, 0.15) is 48.5 Å². The molecule has 120 valence electrons. The molecule has 0 bridgehead atoms. The van der Waals surface area contributed by atoms with Crippen molar-refractivity contribution in [3.05, 3.63) is 65.7 Å². The molecular weight excluding hydrogens is 286 g/mol. The van der Waals surface area contributed by atoms with Crippen LogP contribution >= 0.6 is 0 Å². The molecule has 2 rings (SSSR count). The van der Waals surface area contributed by atoms with Crippen molar-refractivity contribution < 1.29 is 9.53 Å². The van der Waals surface area contributed by atoms with Crippen molar-refractivity contribution in [2.75, 3.05) is 6.61 Å². The Balaban J connectivity index is 1.82. The van der Waals surface area contributed by atoms with E-state index < -0.39 is 0 Å². The SMILES string of the molecule is CCC(C)c1cccc(C(=O)OCCC=Nc2ccccc2)c1. The maximum atomic E-state index is 12.1. The number of ether oxygens (including phenoxy) is 1. The van der Waals surface area contributed by atoms with Crippen LogP contribution in [0.3, 0.4) is 0 Å². The predicted octanol–water partition coefficient (Wildman–Crippen LogP) is 5.15.